The normalized spacial score (nSPS) is 26.8. The molecule has 3 amide bonds. The minimum Gasteiger partial charge on any atom is -0.484 e. The first kappa shape index (κ1) is 29.5. The molecule has 1 saturated heterocycles. The Balaban J connectivity index is 0.987. The number of thiazole rings is 1. The summed E-state index contributed by atoms with van der Waals surface area (Å²) in [5.41, 5.74) is 3.38. The Labute approximate surface area is 284 Å². The van der Waals surface area contributed by atoms with E-state index in [9.17, 15) is 19.2 Å². The number of imide groups is 1. The third kappa shape index (κ3) is 4.64. The average molecular weight is 674 g/mol. The van der Waals surface area contributed by atoms with Gasteiger partial charge in [-0.2, -0.15) is 0 Å². The van der Waals surface area contributed by atoms with Gasteiger partial charge in [-0.15, -0.1) is 11.8 Å². The maximum Gasteiger partial charge on any atom is 0.305 e. The first-order valence-electron chi connectivity index (χ1n) is 16.2. The Morgan fingerprint density at radius 3 is 2.48 bits per heavy atom. The number of aromatic nitrogens is 1. The van der Waals surface area contributed by atoms with E-state index >= 15 is 0 Å². The Morgan fingerprint density at radius 2 is 1.67 bits per heavy atom. The van der Waals surface area contributed by atoms with Gasteiger partial charge in [-0.05, 0) is 83.8 Å². The molecule has 1 aromatic heterocycles. The van der Waals surface area contributed by atoms with Crippen LogP contribution in [0.1, 0.15) is 28.3 Å². The van der Waals surface area contributed by atoms with Crippen molar-refractivity contribution in [2.45, 2.75) is 29.5 Å². The third-order valence-electron chi connectivity index (χ3n) is 10.6. The number of rotatable bonds is 6. The van der Waals surface area contributed by atoms with Crippen molar-refractivity contribution >= 4 is 63.0 Å². The van der Waals surface area contributed by atoms with Gasteiger partial charge in [0.1, 0.15) is 5.75 Å². The molecule has 2 bridgehead atoms. The summed E-state index contributed by atoms with van der Waals surface area (Å²) in [6.07, 6.45) is 0.817. The van der Waals surface area contributed by atoms with Crippen LogP contribution >= 0.6 is 23.1 Å². The lowest BCUT2D eigenvalue weighted by atomic mass is 9.68. The Morgan fingerprint density at radius 1 is 0.896 bits per heavy atom. The SMILES string of the molecule is Cc1ccc(N2C(=O)[C@H]3[C@H]4C[C@@H]([C@@H]3C2=O)[C@@H]2[C@H](c3cccc(OCC(=O)Nc5ccc6ccccc6c5)c3)c3sc(=O)[nH]c3S[C@H]42)cc1. The molecule has 4 aliphatic rings. The second-order valence-electron chi connectivity index (χ2n) is 13.3. The van der Waals surface area contributed by atoms with Gasteiger partial charge >= 0.3 is 4.87 Å². The van der Waals surface area contributed by atoms with Gasteiger partial charge in [0.15, 0.2) is 6.61 Å². The number of fused-ring (bicyclic) bond motifs is 10. The monoisotopic (exact) mass is 673 g/mol. The van der Waals surface area contributed by atoms with Gasteiger partial charge in [0.2, 0.25) is 11.8 Å². The lowest BCUT2D eigenvalue weighted by Gasteiger charge is -2.43. The molecule has 8 nitrogen and oxygen atoms in total. The fraction of sp³-hybridized carbons (Fsp3) is 0.263. The Hall–Kier alpha value is -4.67. The number of hydrogen-bond donors (Lipinski definition) is 2. The van der Waals surface area contributed by atoms with Crippen LogP contribution in [0.2, 0.25) is 0 Å². The molecule has 9 rings (SSSR count). The number of hydrogen-bond acceptors (Lipinski definition) is 7. The van der Waals surface area contributed by atoms with E-state index in [4.69, 9.17) is 4.74 Å². The van der Waals surface area contributed by atoms with Crippen molar-refractivity contribution in [3.05, 3.63) is 117 Å². The second kappa shape index (κ2) is 11.2. The van der Waals surface area contributed by atoms with E-state index in [-0.39, 0.29) is 70.0 Å². The van der Waals surface area contributed by atoms with Gasteiger partial charge in [0.25, 0.3) is 5.91 Å². The van der Waals surface area contributed by atoms with E-state index in [0.717, 1.165) is 38.2 Å². The third-order valence-corrected chi connectivity index (χ3v) is 13.2. The largest absolute Gasteiger partial charge is 0.484 e. The van der Waals surface area contributed by atoms with E-state index in [1.165, 1.54) is 16.2 Å². The molecule has 7 atom stereocenters. The van der Waals surface area contributed by atoms with Crippen molar-refractivity contribution in [3.8, 4) is 5.75 Å². The number of ether oxygens (including phenoxy) is 1. The zero-order chi connectivity index (χ0) is 32.7. The number of thioether (sulfide) groups is 1. The Bertz CT molecular complexity index is 2190. The summed E-state index contributed by atoms with van der Waals surface area (Å²) >= 11 is 2.89. The maximum atomic E-state index is 14.0. The van der Waals surface area contributed by atoms with Crippen LogP contribution in [-0.2, 0) is 14.4 Å². The highest BCUT2D eigenvalue weighted by molar-refractivity contribution is 8.00. The van der Waals surface area contributed by atoms with Crippen molar-refractivity contribution in [2.75, 3.05) is 16.8 Å². The van der Waals surface area contributed by atoms with Crippen LogP contribution in [0.3, 0.4) is 0 Å². The molecule has 10 heteroatoms. The van der Waals surface area contributed by atoms with Crippen molar-refractivity contribution in [1.29, 1.82) is 0 Å². The number of aryl methyl sites for hydroxylation is 1. The summed E-state index contributed by atoms with van der Waals surface area (Å²) in [5.74, 6) is -0.652. The molecule has 2 saturated carbocycles. The van der Waals surface area contributed by atoms with Crippen molar-refractivity contribution in [2.24, 2.45) is 29.6 Å². The first-order chi connectivity index (χ1) is 23.3. The van der Waals surface area contributed by atoms with E-state index < -0.39 is 0 Å². The van der Waals surface area contributed by atoms with Crippen LogP contribution in [0.25, 0.3) is 10.8 Å². The zero-order valence-corrected chi connectivity index (χ0v) is 27.6. The molecule has 2 aliphatic heterocycles. The highest BCUT2D eigenvalue weighted by Crippen LogP contribution is 2.68. The minimum atomic E-state index is -0.372. The fourth-order valence-electron chi connectivity index (χ4n) is 8.75. The van der Waals surface area contributed by atoms with Gasteiger partial charge in [-0.1, -0.05) is 71.5 Å². The highest BCUT2D eigenvalue weighted by Gasteiger charge is 2.69. The molecule has 0 unspecified atom stereocenters. The van der Waals surface area contributed by atoms with Crippen molar-refractivity contribution in [1.82, 2.24) is 4.98 Å². The molecule has 240 valence electrons. The van der Waals surface area contributed by atoms with Gasteiger partial charge in [0, 0.05) is 21.7 Å². The second-order valence-corrected chi connectivity index (χ2v) is 15.5. The van der Waals surface area contributed by atoms with Crippen LogP contribution in [0, 0.1) is 36.5 Å². The maximum absolute atomic E-state index is 14.0. The zero-order valence-electron chi connectivity index (χ0n) is 25.9. The summed E-state index contributed by atoms with van der Waals surface area (Å²) < 4.78 is 6.01. The smallest absolute Gasteiger partial charge is 0.305 e. The number of amides is 3. The van der Waals surface area contributed by atoms with Gasteiger partial charge in [-0.3, -0.25) is 24.1 Å². The first-order valence-corrected chi connectivity index (χ1v) is 17.9. The van der Waals surface area contributed by atoms with Crippen molar-refractivity contribution < 1.29 is 19.1 Å². The fourth-order valence-corrected chi connectivity index (χ4v) is 11.6. The molecule has 48 heavy (non-hydrogen) atoms. The van der Waals surface area contributed by atoms with E-state index in [1.54, 1.807) is 11.8 Å². The number of benzene rings is 4. The lowest BCUT2D eigenvalue weighted by Crippen LogP contribution is -2.42. The molecule has 4 aromatic carbocycles. The standard InChI is InChI=1S/C38H31N3O5S2/c1-19-9-13-24(14-10-19)41-36(43)31-26-17-27(32(31)37(41)44)33-30(26)29(34-35(47-33)40-38(45)48-34)22-7-4-8-25(16-22)46-18-28(42)39-23-12-11-20-5-2-3-6-21(20)15-23/h2-16,26-27,29-33H,17-18H2,1H3,(H,39,42)(H,40,45)/t26-,27-,29+,30-,31+,32+,33-/m1/s1. The average Bonchev–Trinajstić information content (AvgIpc) is 3.83. The minimum absolute atomic E-state index is 0.0112. The van der Waals surface area contributed by atoms with Gasteiger partial charge in [0.05, 0.1) is 22.5 Å². The summed E-state index contributed by atoms with van der Waals surface area (Å²) in [5, 5.41) is 6.01. The summed E-state index contributed by atoms with van der Waals surface area (Å²) in [6, 6.07) is 29.1. The Kier molecular flexibility index (Phi) is 6.88. The van der Waals surface area contributed by atoms with Crippen LogP contribution in [0.15, 0.2) is 101 Å². The lowest BCUT2D eigenvalue weighted by molar-refractivity contribution is -0.123. The predicted octanol–water partition coefficient (Wildman–Crippen LogP) is 6.59. The van der Waals surface area contributed by atoms with E-state index in [1.807, 2.05) is 97.9 Å². The number of carbonyl (C=O) groups excluding carboxylic acids is 3. The molecule has 2 N–H and O–H groups in total. The van der Waals surface area contributed by atoms with Crippen LogP contribution in [-0.4, -0.2) is 34.6 Å². The predicted molar refractivity (Wildman–Crippen MR) is 187 cm³/mol. The van der Waals surface area contributed by atoms with E-state index in [2.05, 4.69) is 10.3 Å². The molecule has 3 heterocycles. The number of nitrogens with zero attached hydrogens (tertiary/aromatic N) is 1. The summed E-state index contributed by atoms with van der Waals surface area (Å²) in [4.78, 5) is 58.8. The van der Waals surface area contributed by atoms with Crippen LogP contribution in [0.4, 0.5) is 11.4 Å². The van der Waals surface area contributed by atoms with Crippen LogP contribution in [0.5, 0.6) is 5.75 Å². The molecule has 0 spiro atoms. The topological polar surface area (TPSA) is 109 Å². The number of anilines is 2. The van der Waals surface area contributed by atoms with Gasteiger partial charge < -0.3 is 15.0 Å². The molecule has 5 aromatic rings. The number of carbonyl (C=O) groups is 3. The quantitative estimate of drug-likeness (QED) is 0.197. The number of aromatic amines is 1. The molecule has 2 aliphatic carbocycles. The molecular weight excluding hydrogens is 643 g/mol. The molecular formula is C38H31N3O5S2. The van der Waals surface area contributed by atoms with Crippen molar-refractivity contribution in [3.63, 3.8) is 0 Å². The highest BCUT2D eigenvalue weighted by atomic mass is 32.2. The van der Waals surface area contributed by atoms with E-state index in [0.29, 0.717) is 17.1 Å². The van der Waals surface area contributed by atoms with Gasteiger partial charge in [-0.25, -0.2) is 0 Å². The molecule has 3 fully saturated rings. The summed E-state index contributed by atoms with van der Waals surface area (Å²) in [6.45, 7) is 1.82. The van der Waals surface area contributed by atoms with Crippen LogP contribution < -0.4 is 19.8 Å². The molecule has 0 radical (unpaired) electrons. The number of H-pyrrole nitrogens is 1. The summed E-state index contributed by atoms with van der Waals surface area (Å²) in [7, 11) is 0. The number of nitrogens with one attached hydrogen (secondary N) is 2.